The lowest BCUT2D eigenvalue weighted by molar-refractivity contribution is -0.623. The molecule has 0 atom stereocenters. The monoisotopic (exact) mass is 366 g/mol. The molecule has 2 rings (SSSR count). The van der Waals surface area contributed by atoms with Crippen LogP contribution in [0.4, 0.5) is 5.82 Å². The number of pyridine rings is 1. The lowest BCUT2D eigenvalue weighted by Crippen LogP contribution is -2.47. The molecule has 134 valence electrons. The van der Waals surface area contributed by atoms with Crippen LogP contribution < -0.4 is 16.3 Å². The summed E-state index contributed by atoms with van der Waals surface area (Å²) in [6.45, 7) is 4.91. The fourth-order valence-corrected chi connectivity index (χ4v) is 4.04. The summed E-state index contributed by atoms with van der Waals surface area (Å²) in [6.07, 6.45) is 1.45. The van der Waals surface area contributed by atoms with Gasteiger partial charge in [0.15, 0.2) is 5.56 Å². The van der Waals surface area contributed by atoms with Gasteiger partial charge in [-0.2, -0.15) is 8.42 Å². The Labute approximate surface area is 145 Å². The summed E-state index contributed by atoms with van der Waals surface area (Å²) < 4.78 is 39.0. The minimum atomic E-state index is -4.45. The van der Waals surface area contributed by atoms with E-state index in [-0.39, 0.29) is 16.3 Å². The first-order valence-corrected chi connectivity index (χ1v) is 8.70. The average Bonchev–Trinajstić information content (AvgIpc) is 2.48. The number of aryl methyl sites for hydroxylation is 2. The summed E-state index contributed by atoms with van der Waals surface area (Å²) in [7, 11) is -3.24. The molecule has 0 aliphatic rings. The number of carbonyl (C=O) groups excluding carboxylic acids is 1. The second kappa shape index (κ2) is 6.34. The van der Waals surface area contributed by atoms with Gasteiger partial charge in [0.25, 0.3) is 10.1 Å². The van der Waals surface area contributed by atoms with Crippen molar-refractivity contribution < 1.29 is 27.2 Å². The number of ether oxygens (including phenoxy) is 1. The number of methoxy groups -OCH3 is 1. The molecule has 1 aromatic heterocycles. The molecule has 9 heteroatoms. The maximum atomic E-state index is 12.2. The minimum Gasteiger partial charge on any atom is -0.465 e. The van der Waals surface area contributed by atoms with Crippen molar-refractivity contribution in [3.05, 3.63) is 40.6 Å². The molecule has 0 aliphatic carbocycles. The highest BCUT2D eigenvalue weighted by Crippen LogP contribution is 2.36. The number of esters is 1. The molecule has 0 unspecified atom stereocenters. The Bertz CT molecular complexity index is 984. The Morgan fingerprint density at radius 3 is 2.36 bits per heavy atom. The van der Waals surface area contributed by atoms with Gasteiger partial charge in [0, 0.05) is 5.56 Å². The molecule has 1 heterocycles. The third-order valence-corrected chi connectivity index (χ3v) is 5.17. The van der Waals surface area contributed by atoms with Crippen LogP contribution in [0, 0.1) is 20.8 Å². The third-order valence-electron chi connectivity index (χ3n) is 4.02. The van der Waals surface area contributed by atoms with Crippen molar-refractivity contribution in [2.24, 2.45) is 0 Å². The fraction of sp³-hybridized carbons (Fsp3) is 0.250. The highest BCUT2D eigenvalue weighted by Gasteiger charge is 2.28. The van der Waals surface area contributed by atoms with Crippen LogP contribution in [-0.4, -0.2) is 26.0 Å². The maximum absolute atomic E-state index is 12.2. The predicted octanol–water partition coefficient (Wildman–Crippen LogP) is 0.896. The molecule has 0 fully saturated rings. The van der Waals surface area contributed by atoms with Crippen molar-refractivity contribution in [3.63, 3.8) is 0 Å². The molecule has 0 amide bonds. The molecule has 0 bridgehead atoms. The quantitative estimate of drug-likeness (QED) is 0.317. The highest BCUT2D eigenvalue weighted by molar-refractivity contribution is 7.86. The first-order chi connectivity index (χ1) is 11.5. The molecule has 8 nitrogen and oxygen atoms in total. The summed E-state index contributed by atoms with van der Waals surface area (Å²) >= 11 is 0. The number of nitrogens with two attached hydrogens (primary N) is 2. The lowest BCUT2D eigenvalue weighted by atomic mass is 9.91. The van der Waals surface area contributed by atoms with Crippen LogP contribution in [0.1, 0.15) is 27.0 Å². The van der Waals surface area contributed by atoms with Crippen LogP contribution >= 0.6 is 0 Å². The van der Waals surface area contributed by atoms with E-state index in [9.17, 15) is 17.8 Å². The summed E-state index contributed by atoms with van der Waals surface area (Å²) in [5.41, 5.74) is 8.18. The van der Waals surface area contributed by atoms with Gasteiger partial charge in [-0.25, -0.2) is 4.79 Å². The molecule has 25 heavy (non-hydrogen) atoms. The van der Waals surface area contributed by atoms with Gasteiger partial charge in [0.05, 0.1) is 7.11 Å². The zero-order valence-electron chi connectivity index (χ0n) is 14.3. The number of nitrogens with zero attached hydrogens (tertiary/aromatic N) is 1. The van der Waals surface area contributed by atoms with Crippen LogP contribution in [0.3, 0.4) is 0 Å². The van der Waals surface area contributed by atoms with Crippen LogP contribution in [-0.2, 0) is 14.9 Å². The number of carbonyl (C=O) groups is 1. The van der Waals surface area contributed by atoms with Gasteiger partial charge in [0.2, 0.25) is 0 Å². The van der Waals surface area contributed by atoms with Crippen LogP contribution in [0.2, 0.25) is 0 Å². The second-order valence-corrected chi connectivity index (χ2v) is 7.06. The van der Waals surface area contributed by atoms with Crippen molar-refractivity contribution >= 4 is 21.9 Å². The van der Waals surface area contributed by atoms with E-state index in [1.165, 1.54) is 13.3 Å². The van der Waals surface area contributed by atoms with Gasteiger partial charge in [-0.1, -0.05) is 6.07 Å². The zero-order chi connectivity index (χ0) is 19.1. The van der Waals surface area contributed by atoms with E-state index >= 15 is 0 Å². The Hall–Kier alpha value is -2.65. The smallest absolute Gasteiger partial charge is 0.346 e. The number of benzene rings is 1. The molecule has 5 N–H and O–H groups in total. The SMILES string of the molecule is COC(=O)c1c(-c2c(C)cc(C)c(S(=O)(=O)O)c2C)cc[n+](N)c1N. The van der Waals surface area contributed by atoms with E-state index in [4.69, 9.17) is 16.3 Å². The van der Waals surface area contributed by atoms with E-state index in [2.05, 4.69) is 0 Å². The van der Waals surface area contributed by atoms with Gasteiger partial charge in [0.1, 0.15) is 11.1 Å². The molecule has 0 saturated heterocycles. The van der Waals surface area contributed by atoms with Crippen molar-refractivity contribution in [1.29, 1.82) is 0 Å². The average molecular weight is 366 g/mol. The van der Waals surface area contributed by atoms with Gasteiger partial charge in [-0.05, 0) is 49.1 Å². The number of hydrogen-bond donors (Lipinski definition) is 3. The summed E-state index contributed by atoms with van der Waals surface area (Å²) in [6, 6.07) is 3.16. The predicted molar refractivity (Wildman–Crippen MR) is 92.0 cm³/mol. The maximum Gasteiger partial charge on any atom is 0.346 e. The summed E-state index contributed by atoms with van der Waals surface area (Å²) in [4.78, 5) is 12.0. The van der Waals surface area contributed by atoms with Crippen LogP contribution in [0.15, 0.2) is 23.2 Å². The van der Waals surface area contributed by atoms with Gasteiger partial charge in [-0.3, -0.25) is 16.1 Å². The first kappa shape index (κ1) is 18.7. The molecule has 0 saturated carbocycles. The topological polar surface area (TPSA) is 137 Å². The number of aromatic nitrogens is 1. The van der Waals surface area contributed by atoms with Gasteiger partial charge < -0.3 is 4.74 Å². The molecule has 0 radical (unpaired) electrons. The zero-order valence-corrected chi connectivity index (χ0v) is 15.1. The Morgan fingerprint density at radius 1 is 1.24 bits per heavy atom. The van der Waals surface area contributed by atoms with Crippen molar-refractivity contribution in [3.8, 4) is 11.1 Å². The molecule has 2 aromatic rings. The van der Waals surface area contributed by atoms with Crippen molar-refractivity contribution in [2.75, 3.05) is 18.7 Å². The van der Waals surface area contributed by atoms with Crippen molar-refractivity contribution in [2.45, 2.75) is 25.7 Å². The number of rotatable bonds is 3. The number of nitrogen functional groups attached to an aromatic ring is 2. The number of anilines is 1. The Kier molecular flexibility index (Phi) is 4.74. The molecular weight excluding hydrogens is 346 g/mol. The highest BCUT2D eigenvalue weighted by atomic mass is 32.2. The van der Waals surface area contributed by atoms with Gasteiger partial charge >= 0.3 is 11.8 Å². The summed E-state index contributed by atoms with van der Waals surface area (Å²) in [5.74, 6) is 4.97. The van der Waals surface area contributed by atoms with E-state index < -0.39 is 16.1 Å². The molecule has 1 aromatic carbocycles. The second-order valence-electron chi connectivity index (χ2n) is 5.70. The first-order valence-electron chi connectivity index (χ1n) is 7.26. The number of hydrogen-bond acceptors (Lipinski definition) is 6. The van der Waals surface area contributed by atoms with Crippen LogP contribution in [0.25, 0.3) is 11.1 Å². The molecule has 0 aliphatic heterocycles. The van der Waals surface area contributed by atoms with E-state index in [0.717, 1.165) is 4.68 Å². The van der Waals surface area contributed by atoms with E-state index in [0.29, 0.717) is 27.8 Å². The third kappa shape index (κ3) is 3.15. The molecular formula is C16H20N3O5S+. The molecule has 0 spiro atoms. The Balaban J connectivity index is 2.99. The lowest BCUT2D eigenvalue weighted by Gasteiger charge is -2.17. The normalized spacial score (nSPS) is 11.4. The van der Waals surface area contributed by atoms with E-state index in [1.54, 1.807) is 32.9 Å². The Morgan fingerprint density at radius 2 is 1.84 bits per heavy atom. The van der Waals surface area contributed by atoms with Crippen molar-refractivity contribution in [1.82, 2.24) is 0 Å². The van der Waals surface area contributed by atoms with Gasteiger partial charge in [-0.15, -0.1) is 4.68 Å². The standard InChI is InChI=1S/C16H19N3O5S/c1-8-7-9(2)14(25(21,22)23)10(3)12(8)11-5-6-19(18)15(17)13(11)16(20)24-4/h5-7,17H,18H2,1-4H3,(H,21,22,23)/p+1. The largest absolute Gasteiger partial charge is 0.465 e. The summed E-state index contributed by atoms with van der Waals surface area (Å²) in [5, 5.41) is 0. The van der Waals surface area contributed by atoms with E-state index in [1.807, 2.05) is 0 Å². The fourth-order valence-electron chi connectivity index (χ4n) is 3.09. The minimum absolute atomic E-state index is 0.0174. The van der Waals surface area contributed by atoms with Crippen LogP contribution in [0.5, 0.6) is 0 Å².